The molecular weight excluding hydrogens is 412 g/mol. The Hall–Kier alpha value is -2.55. The number of hydrogen-bond acceptors (Lipinski definition) is 3. The molecule has 0 aliphatic carbocycles. The zero-order valence-corrected chi connectivity index (χ0v) is 17.0. The van der Waals surface area contributed by atoms with Gasteiger partial charge in [-0.1, -0.05) is 6.07 Å². The summed E-state index contributed by atoms with van der Waals surface area (Å²) in [7, 11) is 1.50. The van der Waals surface area contributed by atoms with Crippen molar-refractivity contribution in [3.63, 3.8) is 0 Å². The molecule has 0 amide bonds. The van der Waals surface area contributed by atoms with Crippen molar-refractivity contribution in [1.29, 1.82) is 0 Å². The zero-order chi connectivity index (χ0) is 23.2. The standard InChI is InChI=1S/C20H18F6O2.CH5N/c1-4-28-16(27)8-6-12-18(22)13(9-14(19(12)23)20(24,25)26)17-10(2)5-7-15(21)11(17)3;1-2/h5,7,9H,4,6,8H2,1-3H3;2H2,1H3. The minimum absolute atomic E-state index is 0.0271. The number of aryl methyl sites for hydroxylation is 1. The maximum atomic E-state index is 15.0. The van der Waals surface area contributed by atoms with E-state index in [9.17, 15) is 26.7 Å². The molecule has 0 atom stereocenters. The molecule has 0 unspecified atom stereocenters. The van der Waals surface area contributed by atoms with E-state index in [1.54, 1.807) is 0 Å². The van der Waals surface area contributed by atoms with Gasteiger partial charge in [-0.25, -0.2) is 13.2 Å². The lowest BCUT2D eigenvalue weighted by Gasteiger charge is -2.18. The summed E-state index contributed by atoms with van der Waals surface area (Å²) in [5.74, 6) is -4.57. The Bertz CT molecular complexity index is 910. The first-order valence-corrected chi connectivity index (χ1v) is 9.06. The third-order valence-electron chi connectivity index (χ3n) is 4.36. The molecule has 166 valence electrons. The Morgan fingerprint density at radius 2 is 1.67 bits per heavy atom. The van der Waals surface area contributed by atoms with Crippen molar-refractivity contribution in [2.24, 2.45) is 5.73 Å². The summed E-state index contributed by atoms with van der Waals surface area (Å²) < 4.78 is 88.1. The van der Waals surface area contributed by atoms with Crippen molar-refractivity contribution in [3.8, 4) is 11.1 Å². The number of esters is 1. The fourth-order valence-corrected chi connectivity index (χ4v) is 3.00. The third-order valence-corrected chi connectivity index (χ3v) is 4.36. The Balaban J connectivity index is 0.00000218. The van der Waals surface area contributed by atoms with Gasteiger partial charge in [0.2, 0.25) is 0 Å². The van der Waals surface area contributed by atoms with Crippen molar-refractivity contribution >= 4 is 5.97 Å². The van der Waals surface area contributed by atoms with Crippen LogP contribution in [0.1, 0.15) is 35.6 Å². The Morgan fingerprint density at radius 1 is 1.07 bits per heavy atom. The van der Waals surface area contributed by atoms with Crippen LogP contribution in [0.15, 0.2) is 18.2 Å². The molecule has 0 saturated heterocycles. The van der Waals surface area contributed by atoms with Gasteiger partial charge in [-0.3, -0.25) is 4.79 Å². The predicted octanol–water partition coefficient (Wildman–Crippen LogP) is 5.48. The fourth-order valence-electron chi connectivity index (χ4n) is 3.00. The maximum absolute atomic E-state index is 15.0. The number of hydrogen-bond donors (Lipinski definition) is 1. The van der Waals surface area contributed by atoms with E-state index in [1.807, 2.05) is 0 Å². The molecule has 2 aromatic carbocycles. The zero-order valence-electron chi connectivity index (χ0n) is 17.0. The molecule has 2 aromatic rings. The minimum Gasteiger partial charge on any atom is -0.466 e. The minimum atomic E-state index is -5.10. The molecule has 0 spiro atoms. The van der Waals surface area contributed by atoms with E-state index in [0.29, 0.717) is 11.6 Å². The molecule has 0 fully saturated rings. The number of halogens is 6. The molecule has 9 heteroatoms. The largest absolute Gasteiger partial charge is 0.466 e. The average Bonchev–Trinajstić information content (AvgIpc) is 2.67. The molecule has 30 heavy (non-hydrogen) atoms. The normalized spacial score (nSPS) is 11.0. The van der Waals surface area contributed by atoms with E-state index >= 15 is 4.39 Å². The number of benzene rings is 2. The van der Waals surface area contributed by atoms with Gasteiger partial charge in [0.25, 0.3) is 0 Å². The van der Waals surface area contributed by atoms with Gasteiger partial charge in [0, 0.05) is 17.5 Å². The Morgan fingerprint density at radius 3 is 2.20 bits per heavy atom. The lowest BCUT2D eigenvalue weighted by atomic mass is 9.90. The van der Waals surface area contributed by atoms with E-state index in [2.05, 4.69) is 10.5 Å². The first-order chi connectivity index (χ1) is 14.0. The van der Waals surface area contributed by atoms with E-state index in [1.165, 1.54) is 33.9 Å². The van der Waals surface area contributed by atoms with E-state index in [0.717, 1.165) is 6.07 Å². The number of carbonyl (C=O) groups excluding carboxylic acids is 1. The lowest BCUT2D eigenvalue weighted by Crippen LogP contribution is -2.14. The van der Waals surface area contributed by atoms with Crippen LogP contribution in [0.2, 0.25) is 0 Å². The molecule has 2 N–H and O–H groups in total. The van der Waals surface area contributed by atoms with Gasteiger partial charge in [-0.05, 0) is 63.1 Å². The molecule has 0 bridgehead atoms. The van der Waals surface area contributed by atoms with E-state index in [-0.39, 0.29) is 17.7 Å². The number of alkyl halides is 3. The number of rotatable bonds is 5. The molecule has 0 radical (unpaired) electrons. The highest BCUT2D eigenvalue weighted by Gasteiger charge is 2.37. The molecule has 0 aliphatic rings. The highest BCUT2D eigenvalue weighted by atomic mass is 19.4. The van der Waals surface area contributed by atoms with Crippen LogP contribution in [0, 0.1) is 31.3 Å². The van der Waals surface area contributed by atoms with Crippen LogP contribution >= 0.6 is 0 Å². The molecule has 0 aliphatic heterocycles. The summed E-state index contributed by atoms with van der Waals surface area (Å²) >= 11 is 0. The third kappa shape index (κ3) is 5.53. The Kier molecular flexibility index (Phi) is 8.90. The first-order valence-electron chi connectivity index (χ1n) is 9.06. The predicted molar refractivity (Wildman–Crippen MR) is 101 cm³/mol. The van der Waals surface area contributed by atoms with Crippen molar-refractivity contribution in [3.05, 3.63) is 57.9 Å². The summed E-state index contributed by atoms with van der Waals surface area (Å²) in [6, 6.07) is 2.75. The SMILES string of the molecule is CCOC(=O)CCc1c(F)c(-c2c(C)ccc(F)c2C)cc(C(F)(F)F)c1F.CN. The Labute approximate surface area is 170 Å². The van der Waals surface area contributed by atoms with Crippen LogP contribution in [0.5, 0.6) is 0 Å². The molecule has 0 saturated carbocycles. The summed E-state index contributed by atoms with van der Waals surface area (Å²) in [5.41, 5.74) is 1.55. The van der Waals surface area contributed by atoms with Gasteiger partial charge in [0.1, 0.15) is 17.5 Å². The number of nitrogens with two attached hydrogens (primary N) is 1. The summed E-state index contributed by atoms with van der Waals surface area (Å²) in [5, 5.41) is 0. The molecule has 2 rings (SSSR count). The van der Waals surface area contributed by atoms with Gasteiger partial charge < -0.3 is 10.5 Å². The van der Waals surface area contributed by atoms with Crippen molar-refractivity contribution in [2.45, 2.75) is 39.8 Å². The van der Waals surface area contributed by atoms with Gasteiger partial charge >= 0.3 is 12.1 Å². The van der Waals surface area contributed by atoms with Crippen molar-refractivity contribution in [2.75, 3.05) is 13.7 Å². The molecule has 3 nitrogen and oxygen atoms in total. The number of carbonyl (C=O) groups is 1. The smallest absolute Gasteiger partial charge is 0.419 e. The topological polar surface area (TPSA) is 52.3 Å². The second-order valence-corrected chi connectivity index (χ2v) is 6.25. The molecule has 0 aromatic heterocycles. The lowest BCUT2D eigenvalue weighted by molar-refractivity contribution is -0.143. The van der Waals surface area contributed by atoms with Gasteiger partial charge in [-0.2, -0.15) is 13.2 Å². The highest BCUT2D eigenvalue weighted by Crippen LogP contribution is 2.40. The summed E-state index contributed by atoms with van der Waals surface area (Å²) in [6.07, 6.45) is -6.22. The van der Waals surface area contributed by atoms with Crippen molar-refractivity contribution in [1.82, 2.24) is 0 Å². The quantitative estimate of drug-likeness (QED) is 0.500. The van der Waals surface area contributed by atoms with Crippen LogP contribution < -0.4 is 5.73 Å². The van der Waals surface area contributed by atoms with Crippen LogP contribution in [-0.4, -0.2) is 19.6 Å². The van der Waals surface area contributed by atoms with Gasteiger partial charge in [0.15, 0.2) is 0 Å². The van der Waals surface area contributed by atoms with Crippen LogP contribution in [-0.2, 0) is 22.1 Å². The first kappa shape index (κ1) is 25.5. The van der Waals surface area contributed by atoms with Gasteiger partial charge in [-0.15, -0.1) is 0 Å². The van der Waals surface area contributed by atoms with Crippen LogP contribution in [0.3, 0.4) is 0 Å². The molecular formula is C21H23F6NO2. The second-order valence-electron chi connectivity index (χ2n) is 6.25. The average molecular weight is 435 g/mol. The maximum Gasteiger partial charge on any atom is 0.419 e. The van der Waals surface area contributed by atoms with Crippen LogP contribution in [0.4, 0.5) is 26.3 Å². The summed E-state index contributed by atoms with van der Waals surface area (Å²) in [4.78, 5) is 11.5. The van der Waals surface area contributed by atoms with Gasteiger partial charge in [0.05, 0.1) is 12.2 Å². The van der Waals surface area contributed by atoms with E-state index in [4.69, 9.17) is 0 Å². The molecule has 0 heterocycles. The highest BCUT2D eigenvalue weighted by molar-refractivity contribution is 5.74. The fraction of sp³-hybridized carbons (Fsp3) is 0.381. The van der Waals surface area contributed by atoms with Crippen LogP contribution in [0.25, 0.3) is 11.1 Å². The summed E-state index contributed by atoms with van der Waals surface area (Å²) in [6.45, 7) is 4.33. The number of ether oxygens (including phenoxy) is 1. The van der Waals surface area contributed by atoms with Crippen molar-refractivity contribution < 1.29 is 35.9 Å². The van der Waals surface area contributed by atoms with E-state index < -0.39 is 59.1 Å². The monoisotopic (exact) mass is 435 g/mol. The second kappa shape index (κ2) is 10.5.